The quantitative estimate of drug-likeness (QED) is 0.471. The number of rotatable bonds is 7. The van der Waals surface area contributed by atoms with Crippen LogP contribution in [-0.2, 0) is 6.54 Å². The maximum atomic E-state index is 14.1. The standard InChI is InChI=1S/C25H30F2N6O2/c1-25(2,35)22(34)20-12-19-21(13-28-20)30-23(29-17-5-6-17)24(31-19)33-9-7-32(8-10-33)14-15-3-4-16(26)11-18(15)27/h3-4,11-13,17,22,34-35H,5-10,14H2,1-2H3,(H,29,30). The second-order valence-corrected chi connectivity index (χ2v) is 9.97. The smallest absolute Gasteiger partial charge is 0.172 e. The fourth-order valence-corrected chi connectivity index (χ4v) is 4.22. The van der Waals surface area contributed by atoms with Crippen LogP contribution in [-0.4, -0.2) is 67.9 Å². The number of hydrogen-bond donors (Lipinski definition) is 3. The number of anilines is 2. The summed E-state index contributed by atoms with van der Waals surface area (Å²) in [6, 6.07) is 5.75. The number of fused-ring (bicyclic) bond motifs is 1. The van der Waals surface area contributed by atoms with Gasteiger partial charge < -0.3 is 20.4 Å². The Morgan fingerprint density at radius 1 is 1.09 bits per heavy atom. The summed E-state index contributed by atoms with van der Waals surface area (Å²) in [7, 11) is 0. The van der Waals surface area contributed by atoms with Crippen LogP contribution in [0.2, 0.25) is 0 Å². The highest BCUT2D eigenvalue weighted by molar-refractivity contribution is 5.80. The fraction of sp³-hybridized carbons (Fsp3) is 0.480. The number of nitrogens with zero attached hydrogens (tertiary/aromatic N) is 5. The van der Waals surface area contributed by atoms with E-state index in [1.807, 2.05) is 0 Å². The molecular weight excluding hydrogens is 454 g/mol. The van der Waals surface area contributed by atoms with Crippen molar-refractivity contribution in [2.75, 3.05) is 36.4 Å². The highest BCUT2D eigenvalue weighted by atomic mass is 19.1. The lowest BCUT2D eigenvalue weighted by Gasteiger charge is -2.36. The number of benzene rings is 1. The molecule has 8 nitrogen and oxygen atoms in total. The van der Waals surface area contributed by atoms with Crippen LogP contribution in [0.1, 0.15) is 44.1 Å². The molecule has 3 heterocycles. The molecule has 2 aliphatic rings. The van der Waals surface area contributed by atoms with Gasteiger partial charge in [0.1, 0.15) is 23.3 Å². The van der Waals surface area contributed by atoms with Gasteiger partial charge in [0.2, 0.25) is 0 Å². The summed E-state index contributed by atoms with van der Waals surface area (Å²) in [4.78, 5) is 18.3. The topological polar surface area (TPSA) is 97.6 Å². The first-order valence-corrected chi connectivity index (χ1v) is 11.9. The van der Waals surface area contributed by atoms with E-state index in [-0.39, 0.29) is 0 Å². The average molecular weight is 485 g/mol. The molecule has 0 amide bonds. The third-order valence-electron chi connectivity index (χ3n) is 6.50. The van der Waals surface area contributed by atoms with Crippen molar-refractivity contribution in [2.45, 2.75) is 51.0 Å². The normalized spacial score (nSPS) is 18.2. The molecule has 3 aromatic rings. The van der Waals surface area contributed by atoms with E-state index in [0.717, 1.165) is 24.7 Å². The Kier molecular flexibility index (Phi) is 6.29. The zero-order valence-corrected chi connectivity index (χ0v) is 19.9. The number of aliphatic hydroxyl groups is 2. The number of piperazine rings is 1. The molecule has 186 valence electrons. The molecule has 5 rings (SSSR count). The molecule has 0 bridgehead atoms. The average Bonchev–Trinajstić information content (AvgIpc) is 3.64. The summed E-state index contributed by atoms with van der Waals surface area (Å²) in [6.07, 6.45) is 2.59. The van der Waals surface area contributed by atoms with Crippen LogP contribution in [0.5, 0.6) is 0 Å². The second kappa shape index (κ2) is 9.25. The van der Waals surface area contributed by atoms with E-state index in [4.69, 9.17) is 9.97 Å². The van der Waals surface area contributed by atoms with E-state index in [9.17, 15) is 19.0 Å². The van der Waals surface area contributed by atoms with Crippen LogP contribution >= 0.6 is 0 Å². The zero-order valence-electron chi connectivity index (χ0n) is 19.9. The van der Waals surface area contributed by atoms with Gasteiger partial charge in [-0.2, -0.15) is 0 Å². The van der Waals surface area contributed by atoms with Gasteiger partial charge in [0.15, 0.2) is 11.6 Å². The molecule has 1 atom stereocenters. The Hall–Kier alpha value is -2.95. The third kappa shape index (κ3) is 5.34. The summed E-state index contributed by atoms with van der Waals surface area (Å²) in [6.45, 7) is 6.21. The van der Waals surface area contributed by atoms with Crippen LogP contribution in [0.4, 0.5) is 20.4 Å². The van der Waals surface area contributed by atoms with Gasteiger partial charge in [0.05, 0.1) is 23.0 Å². The van der Waals surface area contributed by atoms with Gasteiger partial charge in [0.25, 0.3) is 0 Å². The number of hydrogen-bond acceptors (Lipinski definition) is 8. The predicted molar refractivity (Wildman–Crippen MR) is 129 cm³/mol. The molecule has 1 aliphatic heterocycles. The second-order valence-electron chi connectivity index (χ2n) is 9.97. The first-order valence-electron chi connectivity index (χ1n) is 11.9. The highest BCUT2D eigenvalue weighted by Gasteiger charge is 2.29. The molecule has 1 unspecified atom stereocenters. The molecule has 1 saturated carbocycles. The lowest BCUT2D eigenvalue weighted by molar-refractivity contribution is -0.0516. The SMILES string of the molecule is CC(C)(O)C(O)c1cc2nc(N3CCN(Cc4ccc(F)cc4F)CC3)c(NC3CC3)nc2cn1. The van der Waals surface area contributed by atoms with Gasteiger partial charge in [-0.05, 0) is 38.8 Å². The maximum absolute atomic E-state index is 14.1. The molecule has 1 saturated heterocycles. The van der Waals surface area contributed by atoms with Crippen LogP contribution < -0.4 is 10.2 Å². The molecule has 1 aliphatic carbocycles. The van der Waals surface area contributed by atoms with Gasteiger partial charge in [-0.1, -0.05) is 6.07 Å². The number of aliphatic hydroxyl groups excluding tert-OH is 1. The summed E-state index contributed by atoms with van der Waals surface area (Å²) in [5.41, 5.74) is 0.663. The molecule has 0 radical (unpaired) electrons. The fourth-order valence-electron chi connectivity index (χ4n) is 4.22. The third-order valence-corrected chi connectivity index (χ3v) is 6.50. The number of aromatic nitrogens is 3. The van der Waals surface area contributed by atoms with Crippen molar-refractivity contribution in [1.82, 2.24) is 19.9 Å². The van der Waals surface area contributed by atoms with Gasteiger partial charge in [-0.15, -0.1) is 0 Å². The van der Waals surface area contributed by atoms with E-state index in [1.54, 1.807) is 12.3 Å². The molecule has 2 fully saturated rings. The van der Waals surface area contributed by atoms with Crippen molar-refractivity contribution >= 4 is 22.7 Å². The lowest BCUT2D eigenvalue weighted by atomic mass is 9.98. The Morgan fingerprint density at radius 2 is 1.83 bits per heavy atom. The first kappa shape index (κ1) is 23.8. The van der Waals surface area contributed by atoms with Crippen molar-refractivity contribution < 1.29 is 19.0 Å². The lowest BCUT2D eigenvalue weighted by Crippen LogP contribution is -2.46. The van der Waals surface area contributed by atoms with Gasteiger partial charge in [-0.25, -0.2) is 18.7 Å². The van der Waals surface area contributed by atoms with Crippen LogP contribution in [0.25, 0.3) is 11.0 Å². The minimum absolute atomic E-state index is 0.333. The van der Waals surface area contributed by atoms with Gasteiger partial charge in [-0.3, -0.25) is 9.88 Å². The van der Waals surface area contributed by atoms with Crippen molar-refractivity contribution in [2.24, 2.45) is 0 Å². The molecule has 3 N–H and O–H groups in total. The summed E-state index contributed by atoms with van der Waals surface area (Å²) >= 11 is 0. The molecule has 10 heteroatoms. The Bertz CT molecular complexity index is 1220. The minimum atomic E-state index is -1.34. The Labute approximate surface area is 202 Å². The maximum Gasteiger partial charge on any atom is 0.172 e. The van der Waals surface area contributed by atoms with E-state index >= 15 is 0 Å². The summed E-state index contributed by atoms with van der Waals surface area (Å²) in [5.74, 6) is 0.332. The molecular formula is C25H30F2N6O2. The molecule has 35 heavy (non-hydrogen) atoms. The van der Waals surface area contributed by atoms with E-state index < -0.39 is 23.3 Å². The summed E-state index contributed by atoms with van der Waals surface area (Å²) < 4.78 is 27.3. The number of nitrogens with one attached hydrogen (secondary N) is 1. The number of halogens is 2. The van der Waals surface area contributed by atoms with Crippen molar-refractivity contribution in [3.05, 3.63) is 53.4 Å². The predicted octanol–water partition coefficient (Wildman–Crippen LogP) is 3.00. The van der Waals surface area contributed by atoms with Gasteiger partial charge >= 0.3 is 0 Å². The first-order chi connectivity index (χ1) is 16.7. The zero-order chi connectivity index (χ0) is 24.7. The van der Waals surface area contributed by atoms with Crippen LogP contribution in [0.3, 0.4) is 0 Å². The largest absolute Gasteiger partial charge is 0.387 e. The van der Waals surface area contributed by atoms with Crippen molar-refractivity contribution in [1.29, 1.82) is 0 Å². The summed E-state index contributed by atoms with van der Waals surface area (Å²) in [5, 5.41) is 24.1. The van der Waals surface area contributed by atoms with Crippen LogP contribution in [0, 0.1) is 11.6 Å². The monoisotopic (exact) mass is 484 g/mol. The molecule has 0 spiro atoms. The van der Waals surface area contributed by atoms with E-state index in [1.165, 1.54) is 26.0 Å². The number of pyridine rings is 1. The Morgan fingerprint density at radius 3 is 2.49 bits per heavy atom. The Balaban J connectivity index is 1.37. The molecule has 1 aromatic carbocycles. The van der Waals surface area contributed by atoms with Crippen molar-refractivity contribution in [3.63, 3.8) is 0 Å². The minimum Gasteiger partial charge on any atom is -0.387 e. The highest BCUT2D eigenvalue weighted by Crippen LogP contribution is 2.32. The van der Waals surface area contributed by atoms with Crippen molar-refractivity contribution in [3.8, 4) is 0 Å². The van der Waals surface area contributed by atoms with Crippen LogP contribution in [0.15, 0.2) is 30.5 Å². The van der Waals surface area contributed by atoms with E-state index in [2.05, 4.69) is 20.1 Å². The molecule has 2 aromatic heterocycles. The van der Waals surface area contributed by atoms with Gasteiger partial charge in [0, 0.05) is 50.4 Å². The van der Waals surface area contributed by atoms with E-state index in [0.29, 0.717) is 66.9 Å².